The molecular formula is C21H24ClNO3. The molecule has 1 N–H and O–H groups in total. The van der Waals surface area contributed by atoms with Crippen molar-refractivity contribution in [2.75, 3.05) is 5.32 Å². The van der Waals surface area contributed by atoms with Crippen LogP contribution in [0.4, 0.5) is 5.69 Å². The number of rotatable bonds is 7. The van der Waals surface area contributed by atoms with Crippen LogP contribution in [0.2, 0.25) is 5.02 Å². The van der Waals surface area contributed by atoms with E-state index in [0.717, 1.165) is 24.3 Å². The third-order valence-electron chi connectivity index (χ3n) is 4.48. The number of amides is 1. The van der Waals surface area contributed by atoms with Crippen LogP contribution < -0.4 is 14.8 Å². The summed E-state index contributed by atoms with van der Waals surface area (Å²) in [6, 6.07) is 14.5. The van der Waals surface area contributed by atoms with Crippen molar-refractivity contribution in [3.05, 3.63) is 53.6 Å². The predicted octanol–water partition coefficient (Wildman–Crippen LogP) is 5.46. The summed E-state index contributed by atoms with van der Waals surface area (Å²) in [4.78, 5) is 12.5. The molecule has 0 aromatic heterocycles. The maximum absolute atomic E-state index is 12.5. The minimum Gasteiger partial charge on any atom is -0.490 e. The first-order valence-corrected chi connectivity index (χ1v) is 9.51. The van der Waals surface area contributed by atoms with Gasteiger partial charge in [0.15, 0.2) is 6.10 Å². The van der Waals surface area contributed by atoms with Gasteiger partial charge in [-0.15, -0.1) is 0 Å². The zero-order chi connectivity index (χ0) is 18.4. The Morgan fingerprint density at radius 1 is 1.08 bits per heavy atom. The lowest BCUT2D eigenvalue weighted by molar-refractivity contribution is -0.122. The van der Waals surface area contributed by atoms with Crippen molar-refractivity contribution in [3.8, 4) is 11.5 Å². The van der Waals surface area contributed by atoms with Gasteiger partial charge in [-0.2, -0.15) is 0 Å². The number of nitrogens with one attached hydrogen (secondary N) is 1. The van der Waals surface area contributed by atoms with Crippen LogP contribution in [0, 0.1) is 0 Å². The van der Waals surface area contributed by atoms with Gasteiger partial charge in [-0.05, 0) is 80.6 Å². The van der Waals surface area contributed by atoms with Crippen molar-refractivity contribution in [2.45, 2.75) is 51.2 Å². The fourth-order valence-corrected chi connectivity index (χ4v) is 3.16. The van der Waals surface area contributed by atoms with Gasteiger partial charge in [0.25, 0.3) is 5.91 Å². The van der Waals surface area contributed by atoms with Crippen LogP contribution in [0.3, 0.4) is 0 Å². The largest absolute Gasteiger partial charge is 0.490 e. The smallest absolute Gasteiger partial charge is 0.265 e. The van der Waals surface area contributed by atoms with E-state index in [-0.39, 0.29) is 5.91 Å². The molecule has 1 saturated carbocycles. The van der Waals surface area contributed by atoms with Crippen LogP contribution in [0.5, 0.6) is 11.5 Å². The molecule has 0 spiro atoms. The second-order valence-electron chi connectivity index (χ2n) is 6.51. The Morgan fingerprint density at radius 2 is 1.69 bits per heavy atom. The summed E-state index contributed by atoms with van der Waals surface area (Å²) in [5, 5.41) is 3.53. The second-order valence-corrected chi connectivity index (χ2v) is 6.94. The lowest BCUT2D eigenvalue weighted by atomic mass is 10.2. The monoisotopic (exact) mass is 373 g/mol. The Bertz CT molecular complexity index is 709. The van der Waals surface area contributed by atoms with Crippen LogP contribution >= 0.6 is 11.6 Å². The summed E-state index contributed by atoms with van der Waals surface area (Å²) in [5.74, 6) is 1.29. The Kier molecular flexibility index (Phi) is 6.40. The van der Waals surface area contributed by atoms with E-state index >= 15 is 0 Å². The SMILES string of the molecule is CCC(Oc1ccc(Cl)cc1)C(=O)Nc1ccc(OC2CCCC2)cc1. The average molecular weight is 374 g/mol. The summed E-state index contributed by atoms with van der Waals surface area (Å²) < 4.78 is 11.7. The van der Waals surface area contributed by atoms with E-state index in [1.165, 1.54) is 12.8 Å². The molecule has 1 unspecified atom stereocenters. The molecule has 1 aliphatic rings. The second kappa shape index (κ2) is 8.95. The van der Waals surface area contributed by atoms with E-state index in [1.54, 1.807) is 24.3 Å². The fourth-order valence-electron chi connectivity index (χ4n) is 3.04. The van der Waals surface area contributed by atoms with E-state index < -0.39 is 6.10 Å². The molecule has 0 heterocycles. The van der Waals surface area contributed by atoms with Gasteiger partial charge >= 0.3 is 0 Å². The molecule has 26 heavy (non-hydrogen) atoms. The summed E-state index contributed by atoms with van der Waals surface area (Å²) in [6.07, 6.45) is 5.06. The highest BCUT2D eigenvalue weighted by Crippen LogP contribution is 2.25. The van der Waals surface area contributed by atoms with Crippen molar-refractivity contribution < 1.29 is 14.3 Å². The van der Waals surface area contributed by atoms with Gasteiger partial charge in [0.2, 0.25) is 0 Å². The number of carbonyl (C=O) groups is 1. The van der Waals surface area contributed by atoms with Gasteiger partial charge in [-0.25, -0.2) is 0 Å². The Hall–Kier alpha value is -2.20. The molecule has 1 fully saturated rings. The molecule has 0 saturated heterocycles. The molecule has 1 atom stereocenters. The van der Waals surface area contributed by atoms with Crippen molar-refractivity contribution in [3.63, 3.8) is 0 Å². The van der Waals surface area contributed by atoms with Gasteiger partial charge in [0.05, 0.1) is 6.10 Å². The third kappa shape index (κ3) is 5.15. The molecule has 0 aliphatic heterocycles. The first-order chi connectivity index (χ1) is 12.6. The first-order valence-electron chi connectivity index (χ1n) is 9.14. The van der Waals surface area contributed by atoms with E-state index in [2.05, 4.69) is 5.32 Å². The molecule has 1 amide bonds. The van der Waals surface area contributed by atoms with E-state index in [9.17, 15) is 4.79 Å². The standard InChI is InChI=1S/C21H24ClNO3/c1-2-20(26-19-11-7-15(22)8-12-19)21(24)23-16-9-13-18(14-10-16)25-17-5-3-4-6-17/h7-14,17,20H,2-6H2,1H3,(H,23,24). The lowest BCUT2D eigenvalue weighted by Gasteiger charge is -2.18. The number of halogens is 1. The van der Waals surface area contributed by atoms with Gasteiger partial charge in [0.1, 0.15) is 11.5 Å². The molecule has 138 valence electrons. The summed E-state index contributed by atoms with van der Waals surface area (Å²) in [5.41, 5.74) is 0.729. The molecule has 0 bridgehead atoms. The van der Waals surface area contributed by atoms with Crippen molar-refractivity contribution in [1.29, 1.82) is 0 Å². The van der Waals surface area contributed by atoms with Crippen molar-refractivity contribution in [2.24, 2.45) is 0 Å². The maximum atomic E-state index is 12.5. The number of carbonyl (C=O) groups excluding carboxylic acids is 1. The zero-order valence-electron chi connectivity index (χ0n) is 14.9. The van der Waals surface area contributed by atoms with E-state index in [4.69, 9.17) is 21.1 Å². The highest BCUT2D eigenvalue weighted by Gasteiger charge is 2.19. The Labute approximate surface area is 159 Å². The molecule has 1 aliphatic carbocycles. The number of hydrogen-bond donors (Lipinski definition) is 1. The van der Waals surface area contributed by atoms with Crippen molar-refractivity contribution >= 4 is 23.2 Å². The average Bonchev–Trinajstić information content (AvgIpc) is 3.16. The Morgan fingerprint density at radius 3 is 2.31 bits per heavy atom. The number of hydrogen-bond acceptors (Lipinski definition) is 3. The zero-order valence-corrected chi connectivity index (χ0v) is 15.7. The topological polar surface area (TPSA) is 47.6 Å². The van der Waals surface area contributed by atoms with E-state index in [1.807, 2.05) is 31.2 Å². The number of benzene rings is 2. The van der Waals surface area contributed by atoms with E-state index in [0.29, 0.717) is 23.3 Å². The lowest BCUT2D eigenvalue weighted by Crippen LogP contribution is -2.32. The highest BCUT2D eigenvalue weighted by atomic mass is 35.5. The van der Waals surface area contributed by atoms with Gasteiger partial charge in [-0.1, -0.05) is 18.5 Å². The quantitative estimate of drug-likeness (QED) is 0.701. The van der Waals surface area contributed by atoms with Crippen LogP contribution in [0.15, 0.2) is 48.5 Å². The highest BCUT2D eigenvalue weighted by molar-refractivity contribution is 6.30. The minimum absolute atomic E-state index is 0.174. The molecule has 3 rings (SSSR count). The van der Waals surface area contributed by atoms with Crippen LogP contribution in [0.25, 0.3) is 0 Å². The number of anilines is 1. The maximum Gasteiger partial charge on any atom is 0.265 e. The summed E-state index contributed by atoms with van der Waals surface area (Å²) >= 11 is 5.87. The molecule has 4 nitrogen and oxygen atoms in total. The van der Waals surface area contributed by atoms with Crippen LogP contribution in [0.1, 0.15) is 39.0 Å². The van der Waals surface area contributed by atoms with Gasteiger partial charge < -0.3 is 14.8 Å². The van der Waals surface area contributed by atoms with Gasteiger partial charge in [-0.3, -0.25) is 4.79 Å². The molecule has 2 aromatic rings. The van der Waals surface area contributed by atoms with Crippen molar-refractivity contribution in [1.82, 2.24) is 0 Å². The van der Waals surface area contributed by atoms with Crippen LogP contribution in [-0.2, 0) is 4.79 Å². The normalized spacial score (nSPS) is 15.5. The van der Waals surface area contributed by atoms with Gasteiger partial charge in [0, 0.05) is 10.7 Å². The van der Waals surface area contributed by atoms with Crippen LogP contribution in [-0.4, -0.2) is 18.1 Å². The third-order valence-corrected chi connectivity index (χ3v) is 4.73. The first kappa shape index (κ1) is 18.6. The number of ether oxygens (including phenoxy) is 2. The molecule has 5 heteroatoms. The molecule has 2 aromatic carbocycles. The molecule has 0 radical (unpaired) electrons. The predicted molar refractivity (Wildman–Crippen MR) is 104 cm³/mol. The fraction of sp³-hybridized carbons (Fsp3) is 0.381. The summed E-state index contributed by atoms with van der Waals surface area (Å²) in [7, 11) is 0. The minimum atomic E-state index is -0.564. The Balaban J connectivity index is 1.55. The summed E-state index contributed by atoms with van der Waals surface area (Å²) in [6.45, 7) is 1.92. The molecular weight excluding hydrogens is 350 g/mol.